The van der Waals surface area contributed by atoms with Gasteiger partial charge in [0.15, 0.2) is 0 Å². The summed E-state index contributed by atoms with van der Waals surface area (Å²) in [6.07, 6.45) is 3.70. The third kappa shape index (κ3) is 6.63. The maximum absolute atomic E-state index is 12.9. The number of hydrogen-bond donors (Lipinski definition) is 1. The van der Waals surface area contributed by atoms with Crippen LogP contribution in [-0.4, -0.2) is 53.3 Å². The van der Waals surface area contributed by atoms with Crippen LogP contribution < -0.4 is 5.32 Å². The fourth-order valence-electron chi connectivity index (χ4n) is 2.82. The topological polar surface area (TPSA) is 80.8 Å². The first-order chi connectivity index (χ1) is 12.2. The number of pyridine rings is 1. The minimum absolute atomic E-state index is 0.0455. The predicted molar refractivity (Wildman–Crippen MR) is 97.4 cm³/mol. The summed E-state index contributed by atoms with van der Waals surface area (Å²) in [6, 6.07) is 3.54. The van der Waals surface area contributed by atoms with E-state index >= 15 is 0 Å². The Bertz CT molecular complexity index is 595. The zero-order chi connectivity index (χ0) is 19.2. The highest BCUT2D eigenvalue weighted by Gasteiger charge is 2.29. The van der Waals surface area contributed by atoms with Crippen LogP contribution in [0.4, 0.5) is 4.79 Å². The highest BCUT2D eigenvalue weighted by molar-refractivity contribution is 5.79. The van der Waals surface area contributed by atoms with Crippen LogP contribution in [-0.2, 0) is 20.8 Å². The van der Waals surface area contributed by atoms with Gasteiger partial charge in [0, 0.05) is 38.1 Å². The molecule has 1 aliphatic heterocycles. The van der Waals surface area contributed by atoms with Crippen LogP contribution in [0.1, 0.15) is 39.7 Å². The van der Waals surface area contributed by atoms with E-state index in [1.54, 1.807) is 17.3 Å². The first-order valence-electron chi connectivity index (χ1n) is 8.99. The molecular formula is C19H29N3O4. The summed E-state index contributed by atoms with van der Waals surface area (Å²) in [6.45, 7) is 9.21. The number of hydrogen-bond acceptors (Lipinski definition) is 5. The van der Waals surface area contributed by atoms with E-state index in [0.29, 0.717) is 26.3 Å². The van der Waals surface area contributed by atoms with Gasteiger partial charge in [0.05, 0.1) is 12.5 Å². The maximum Gasteiger partial charge on any atom is 0.407 e. The highest BCUT2D eigenvalue weighted by Crippen LogP contribution is 2.18. The molecule has 7 heteroatoms. The largest absolute Gasteiger partial charge is 0.444 e. The third-order valence-corrected chi connectivity index (χ3v) is 3.94. The number of carbonyl (C=O) groups is 2. The van der Waals surface area contributed by atoms with Crippen molar-refractivity contribution in [1.29, 1.82) is 0 Å². The molecule has 0 saturated carbocycles. The molecule has 0 spiro atoms. The van der Waals surface area contributed by atoms with E-state index in [0.717, 1.165) is 12.0 Å². The second-order valence-electron chi connectivity index (χ2n) is 7.69. The molecule has 1 aromatic rings. The van der Waals surface area contributed by atoms with Crippen LogP contribution in [0.5, 0.6) is 0 Å². The fourth-order valence-corrected chi connectivity index (χ4v) is 2.82. The Morgan fingerprint density at radius 1 is 1.46 bits per heavy atom. The van der Waals surface area contributed by atoms with Crippen molar-refractivity contribution in [3.05, 3.63) is 30.1 Å². The molecule has 0 aromatic carbocycles. The fraction of sp³-hybridized carbons (Fsp3) is 0.632. The molecule has 2 atom stereocenters. The average molecular weight is 363 g/mol. The van der Waals surface area contributed by atoms with Crippen molar-refractivity contribution in [2.75, 3.05) is 19.8 Å². The van der Waals surface area contributed by atoms with Gasteiger partial charge in [-0.15, -0.1) is 0 Å². The average Bonchev–Trinajstić information content (AvgIpc) is 3.07. The molecule has 0 radical (unpaired) electrons. The number of rotatable bonds is 6. The van der Waals surface area contributed by atoms with E-state index in [4.69, 9.17) is 9.47 Å². The second kappa shape index (κ2) is 8.98. The lowest BCUT2D eigenvalue weighted by Gasteiger charge is -2.29. The number of ether oxygens (including phenoxy) is 2. The monoisotopic (exact) mass is 363 g/mol. The molecule has 1 N–H and O–H groups in total. The normalized spacial score (nSPS) is 18.2. The van der Waals surface area contributed by atoms with Gasteiger partial charge in [-0.05, 0) is 45.7 Å². The molecule has 1 aliphatic rings. The third-order valence-electron chi connectivity index (χ3n) is 3.94. The molecule has 1 fully saturated rings. The highest BCUT2D eigenvalue weighted by atomic mass is 16.6. The number of carbonyl (C=O) groups excluding carboxylic acids is 2. The van der Waals surface area contributed by atoms with E-state index in [1.807, 2.05) is 39.8 Å². The first-order valence-corrected chi connectivity index (χ1v) is 8.99. The standard InChI is InChI=1S/C19H29N3O4/c1-14(21-18(24)26-19(2,3)4)11-22(12-15-6-5-8-20-10-15)17(23)16-7-9-25-13-16/h5-6,8,10,14,16H,7,9,11-13H2,1-4H3,(H,21,24)/t14-,16+/m1/s1. The lowest BCUT2D eigenvalue weighted by Crippen LogP contribution is -2.47. The summed E-state index contributed by atoms with van der Waals surface area (Å²) in [5.41, 5.74) is 0.389. The molecular weight excluding hydrogens is 334 g/mol. The Kier molecular flexibility index (Phi) is 6.97. The Morgan fingerprint density at radius 3 is 2.81 bits per heavy atom. The molecule has 1 aromatic heterocycles. The molecule has 2 heterocycles. The van der Waals surface area contributed by atoms with Gasteiger partial charge in [-0.25, -0.2) is 4.79 Å². The number of alkyl carbamates (subject to hydrolysis) is 1. The van der Waals surface area contributed by atoms with Gasteiger partial charge in [-0.3, -0.25) is 9.78 Å². The molecule has 26 heavy (non-hydrogen) atoms. The minimum Gasteiger partial charge on any atom is -0.444 e. The van der Waals surface area contributed by atoms with E-state index in [-0.39, 0.29) is 17.9 Å². The Morgan fingerprint density at radius 2 is 2.23 bits per heavy atom. The van der Waals surface area contributed by atoms with Crippen LogP contribution >= 0.6 is 0 Å². The SMILES string of the molecule is C[C@H](CN(Cc1cccnc1)C(=O)[C@H]1CCOC1)NC(=O)OC(C)(C)C. The Balaban J connectivity index is 2.00. The molecule has 2 rings (SSSR count). The van der Waals surface area contributed by atoms with Crippen molar-refractivity contribution in [2.45, 2.75) is 52.3 Å². The summed E-state index contributed by atoms with van der Waals surface area (Å²) in [7, 11) is 0. The Labute approximate surface area is 155 Å². The van der Waals surface area contributed by atoms with Crippen LogP contribution in [0.25, 0.3) is 0 Å². The summed E-state index contributed by atoms with van der Waals surface area (Å²) in [5.74, 6) is -0.0791. The molecule has 0 bridgehead atoms. The van der Waals surface area contributed by atoms with Crippen molar-refractivity contribution < 1.29 is 19.1 Å². The van der Waals surface area contributed by atoms with E-state index in [2.05, 4.69) is 10.3 Å². The molecule has 2 amide bonds. The summed E-state index contributed by atoms with van der Waals surface area (Å²) in [5, 5.41) is 2.80. The summed E-state index contributed by atoms with van der Waals surface area (Å²) >= 11 is 0. The van der Waals surface area contributed by atoms with Crippen molar-refractivity contribution in [2.24, 2.45) is 5.92 Å². The van der Waals surface area contributed by atoms with Gasteiger partial charge in [-0.1, -0.05) is 6.07 Å². The number of amides is 2. The molecule has 0 unspecified atom stereocenters. The quantitative estimate of drug-likeness (QED) is 0.839. The Hall–Kier alpha value is -2.15. The lowest BCUT2D eigenvalue weighted by molar-refractivity contribution is -0.136. The molecule has 144 valence electrons. The van der Waals surface area contributed by atoms with Crippen LogP contribution in [0.3, 0.4) is 0 Å². The van der Waals surface area contributed by atoms with E-state index in [9.17, 15) is 9.59 Å². The van der Waals surface area contributed by atoms with Crippen molar-refractivity contribution in [3.8, 4) is 0 Å². The first kappa shape index (κ1) is 20.2. The second-order valence-corrected chi connectivity index (χ2v) is 7.69. The van der Waals surface area contributed by atoms with Gasteiger partial charge in [0.1, 0.15) is 5.60 Å². The van der Waals surface area contributed by atoms with E-state index in [1.165, 1.54) is 0 Å². The predicted octanol–water partition coefficient (Wildman–Crippen LogP) is 2.36. The van der Waals surface area contributed by atoms with Crippen molar-refractivity contribution >= 4 is 12.0 Å². The van der Waals surface area contributed by atoms with Gasteiger partial charge in [0.25, 0.3) is 0 Å². The van der Waals surface area contributed by atoms with E-state index < -0.39 is 11.7 Å². The van der Waals surface area contributed by atoms with Crippen molar-refractivity contribution in [1.82, 2.24) is 15.2 Å². The maximum atomic E-state index is 12.9. The van der Waals surface area contributed by atoms with Gasteiger partial charge < -0.3 is 19.7 Å². The van der Waals surface area contributed by atoms with Crippen LogP contribution in [0.15, 0.2) is 24.5 Å². The van der Waals surface area contributed by atoms with Gasteiger partial charge in [0.2, 0.25) is 5.91 Å². The van der Waals surface area contributed by atoms with Crippen LogP contribution in [0, 0.1) is 5.92 Å². The summed E-state index contributed by atoms with van der Waals surface area (Å²) in [4.78, 5) is 30.7. The number of nitrogens with zero attached hydrogens (tertiary/aromatic N) is 2. The van der Waals surface area contributed by atoms with Gasteiger partial charge in [-0.2, -0.15) is 0 Å². The minimum atomic E-state index is -0.559. The van der Waals surface area contributed by atoms with Crippen LogP contribution in [0.2, 0.25) is 0 Å². The number of aromatic nitrogens is 1. The number of nitrogens with one attached hydrogen (secondary N) is 1. The zero-order valence-electron chi connectivity index (χ0n) is 16.0. The van der Waals surface area contributed by atoms with Crippen molar-refractivity contribution in [3.63, 3.8) is 0 Å². The molecule has 0 aliphatic carbocycles. The lowest BCUT2D eigenvalue weighted by atomic mass is 10.1. The smallest absolute Gasteiger partial charge is 0.407 e. The zero-order valence-corrected chi connectivity index (χ0v) is 16.0. The molecule has 7 nitrogen and oxygen atoms in total. The molecule has 1 saturated heterocycles. The summed E-state index contributed by atoms with van der Waals surface area (Å²) < 4.78 is 10.6. The van der Waals surface area contributed by atoms with Gasteiger partial charge >= 0.3 is 6.09 Å².